The molecule has 5 N–H and O–H groups in total. The third-order valence-electron chi connectivity index (χ3n) is 4.06. The van der Waals surface area contributed by atoms with E-state index in [4.69, 9.17) is 16.2 Å². The number of fused-ring (bicyclic) bond motifs is 1. The van der Waals surface area contributed by atoms with Gasteiger partial charge in [-0.3, -0.25) is 0 Å². The van der Waals surface area contributed by atoms with Crippen LogP contribution >= 0.6 is 0 Å². The van der Waals surface area contributed by atoms with E-state index in [1.165, 1.54) is 0 Å². The maximum Gasteiger partial charge on any atom is 0.164 e. The van der Waals surface area contributed by atoms with Crippen molar-refractivity contribution in [3.05, 3.63) is 48.9 Å². The molecule has 3 aromatic heterocycles. The second-order valence-corrected chi connectivity index (χ2v) is 5.51. The summed E-state index contributed by atoms with van der Waals surface area (Å²) >= 11 is 0. The van der Waals surface area contributed by atoms with Crippen LogP contribution in [-0.4, -0.2) is 27.0 Å². The van der Waals surface area contributed by atoms with Crippen molar-refractivity contribution in [3.8, 4) is 28.4 Å². The van der Waals surface area contributed by atoms with Gasteiger partial charge in [0.05, 0.1) is 24.1 Å². The van der Waals surface area contributed by atoms with Crippen molar-refractivity contribution in [2.75, 3.05) is 18.6 Å². The Balaban J connectivity index is 1.89. The molecule has 0 atom stereocenters. The van der Waals surface area contributed by atoms with Crippen LogP contribution in [0.1, 0.15) is 0 Å². The number of rotatable bonds is 3. The highest BCUT2D eigenvalue weighted by molar-refractivity contribution is 5.93. The predicted molar refractivity (Wildman–Crippen MR) is 97.9 cm³/mol. The average Bonchev–Trinajstić information content (AvgIpc) is 3.06. The Bertz CT molecular complexity index is 1070. The first-order chi connectivity index (χ1) is 12.2. The third kappa shape index (κ3) is 2.42. The van der Waals surface area contributed by atoms with Crippen molar-refractivity contribution < 1.29 is 4.74 Å². The molecule has 0 fully saturated rings. The van der Waals surface area contributed by atoms with Gasteiger partial charge in [-0.05, 0) is 30.3 Å². The van der Waals surface area contributed by atoms with Gasteiger partial charge >= 0.3 is 0 Å². The van der Waals surface area contributed by atoms with Crippen LogP contribution in [0.15, 0.2) is 48.9 Å². The molecule has 0 bridgehead atoms. The van der Waals surface area contributed by atoms with Gasteiger partial charge in [-0.1, -0.05) is 0 Å². The maximum absolute atomic E-state index is 6.18. The second kappa shape index (κ2) is 5.79. The zero-order valence-electron chi connectivity index (χ0n) is 13.5. The zero-order valence-corrected chi connectivity index (χ0v) is 13.5. The number of hydrogen-bond donors (Lipinski definition) is 3. The summed E-state index contributed by atoms with van der Waals surface area (Å²) in [4.78, 5) is 16.5. The molecule has 0 saturated heterocycles. The molecule has 0 aliphatic rings. The van der Waals surface area contributed by atoms with E-state index in [2.05, 4.69) is 19.9 Å². The van der Waals surface area contributed by atoms with E-state index >= 15 is 0 Å². The lowest BCUT2D eigenvalue weighted by molar-refractivity contribution is 0.417. The number of nitrogens with two attached hydrogens (primary N) is 2. The normalized spacial score (nSPS) is 10.9. The van der Waals surface area contributed by atoms with Crippen LogP contribution < -0.4 is 16.2 Å². The number of aromatic nitrogens is 4. The number of benzene rings is 1. The number of anilines is 2. The number of pyridine rings is 1. The standard InChI is InChI=1S/C18H16N6O/c1-25-14-5-4-12(19)15(16(14)20)18-22-8-6-13(24-18)11-9-23-17-10(11)3-2-7-21-17/h2-9H,19-20H2,1H3,(H,21,23). The van der Waals surface area contributed by atoms with Crippen LogP contribution in [-0.2, 0) is 0 Å². The molecule has 7 heteroatoms. The number of methoxy groups -OCH3 is 1. The highest BCUT2D eigenvalue weighted by Crippen LogP contribution is 2.37. The zero-order chi connectivity index (χ0) is 17.4. The van der Waals surface area contributed by atoms with Gasteiger partial charge in [0, 0.05) is 35.2 Å². The van der Waals surface area contributed by atoms with Gasteiger partial charge in [0.2, 0.25) is 0 Å². The first-order valence-electron chi connectivity index (χ1n) is 7.67. The molecule has 0 amide bonds. The molecule has 0 unspecified atom stereocenters. The van der Waals surface area contributed by atoms with E-state index in [0.29, 0.717) is 28.5 Å². The Hall–Kier alpha value is -3.61. The van der Waals surface area contributed by atoms with Gasteiger partial charge < -0.3 is 21.2 Å². The highest BCUT2D eigenvalue weighted by atomic mass is 16.5. The molecule has 0 aliphatic heterocycles. The summed E-state index contributed by atoms with van der Waals surface area (Å²) in [5.74, 6) is 0.985. The SMILES string of the molecule is COc1ccc(N)c(-c2nccc(-c3c[nH]c4ncccc34)n2)c1N. The van der Waals surface area contributed by atoms with Crippen LogP contribution in [0, 0.1) is 0 Å². The molecule has 4 rings (SSSR count). The fourth-order valence-electron chi connectivity index (χ4n) is 2.84. The Morgan fingerprint density at radius 2 is 1.92 bits per heavy atom. The summed E-state index contributed by atoms with van der Waals surface area (Å²) in [6, 6.07) is 9.18. The Morgan fingerprint density at radius 1 is 1.04 bits per heavy atom. The van der Waals surface area contributed by atoms with E-state index < -0.39 is 0 Å². The molecule has 0 saturated carbocycles. The van der Waals surface area contributed by atoms with Crippen molar-refractivity contribution in [1.82, 2.24) is 19.9 Å². The van der Waals surface area contributed by atoms with Crippen LogP contribution in [0.5, 0.6) is 5.75 Å². The van der Waals surface area contributed by atoms with Gasteiger partial charge in [0.1, 0.15) is 11.4 Å². The number of H-pyrrole nitrogens is 1. The molecule has 124 valence electrons. The van der Waals surface area contributed by atoms with Gasteiger partial charge in [-0.15, -0.1) is 0 Å². The number of nitrogens with zero attached hydrogens (tertiary/aromatic N) is 3. The first kappa shape index (κ1) is 14.9. The van der Waals surface area contributed by atoms with E-state index in [1.807, 2.05) is 24.4 Å². The lowest BCUT2D eigenvalue weighted by atomic mass is 10.1. The highest BCUT2D eigenvalue weighted by Gasteiger charge is 2.16. The number of aromatic amines is 1. The number of nitrogen functional groups attached to an aromatic ring is 2. The molecule has 0 radical (unpaired) electrons. The van der Waals surface area contributed by atoms with Gasteiger partial charge in [0.15, 0.2) is 5.82 Å². The molecule has 25 heavy (non-hydrogen) atoms. The monoisotopic (exact) mass is 332 g/mol. The van der Waals surface area contributed by atoms with Gasteiger partial charge in [-0.2, -0.15) is 0 Å². The molecule has 0 spiro atoms. The van der Waals surface area contributed by atoms with Gasteiger partial charge in [0.25, 0.3) is 0 Å². The van der Waals surface area contributed by atoms with E-state index in [9.17, 15) is 0 Å². The van der Waals surface area contributed by atoms with Crippen molar-refractivity contribution >= 4 is 22.4 Å². The summed E-state index contributed by atoms with van der Waals surface area (Å²) in [5.41, 5.74) is 16.3. The molecular formula is C18H16N6O. The fraction of sp³-hybridized carbons (Fsp3) is 0.0556. The minimum absolute atomic E-state index is 0.417. The third-order valence-corrected chi connectivity index (χ3v) is 4.06. The molecule has 0 aliphatic carbocycles. The number of hydrogen-bond acceptors (Lipinski definition) is 6. The van der Waals surface area contributed by atoms with E-state index in [1.54, 1.807) is 31.6 Å². The molecule has 1 aromatic carbocycles. The maximum atomic E-state index is 6.18. The van der Waals surface area contributed by atoms with E-state index in [-0.39, 0.29) is 0 Å². The second-order valence-electron chi connectivity index (χ2n) is 5.51. The molecule has 7 nitrogen and oxygen atoms in total. The van der Waals surface area contributed by atoms with Gasteiger partial charge in [-0.25, -0.2) is 15.0 Å². The smallest absolute Gasteiger partial charge is 0.164 e. The van der Waals surface area contributed by atoms with Crippen LogP contribution in [0.4, 0.5) is 11.4 Å². The van der Waals surface area contributed by atoms with E-state index in [0.717, 1.165) is 22.3 Å². The molecular weight excluding hydrogens is 316 g/mol. The summed E-state index contributed by atoms with van der Waals surface area (Å²) in [6.45, 7) is 0. The Labute approximate surface area is 143 Å². The minimum Gasteiger partial charge on any atom is -0.495 e. The van der Waals surface area contributed by atoms with Crippen LogP contribution in [0.25, 0.3) is 33.7 Å². The summed E-state index contributed by atoms with van der Waals surface area (Å²) in [6.07, 6.45) is 5.30. The quantitative estimate of drug-likeness (QED) is 0.497. The Kier molecular flexibility index (Phi) is 3.46. The van der Waals surface area contributed by atoms with Crippen molar-refractivity contribution in [3.63, 3.8) is 0 Å². The molecule has 4 aromatic rings. The largest absolute Gasteiger partial charge is 0.495 e. The lowest BCUT2D eigenvalue weighted by Crippen LogP contribution is -2.02. The first-order valence-corrected chi connectivity index (χ1v) is 7.67. The minimum atomic E-state index is 0.417. The van der Waals surface area contributed by atoms with Crippen LogP contribution in [0.2, 0.25) is 0 Å². The predicted octanol–water partition coefficient (Wildman–Crippen LogP) is 2.86. The van der Waals surface area contributed by atoms with Crippen molar-refractivity contribution in [2.45, 2.75) is 0 Å². The van der Waals surface area contributed by atoms with Crippen molar-refractivity contribution in [1.29, 1.82) is 0 Å². The lowest BCUT2D eigenvalue weighted by Gasteiger charge is -2.12. The fourth-order valence-corrected chi connectivity index (χ4v) is 2.84. The van der Waals surface area contributed by atoms with Crippen LogP contribution in [0.3, 0.4) is 0 Å². The number of nitrogens with one attached hydrogen (secondary N) is 1. The summed E-state index contributed by atoms with van der Waals surface area (Å²) in [5, 5.41) is 0.985. The topological polar surface area (TPSA) is 116 Å². The summed E-state index contributed by atoms with van der Waals surface area (Å²) < 4.78 is 5.27. The Morgan fingerprint density at radius 3 is 2.76 bits per heavy atom. The number of ether oxygens (including phenoxy) is 1. The summed E-state index contributed by atoms with van der Waals surface area (Å²) in [7, 11) is 1.56. The van der Waals surface area contributed by atoms with Crippen molar-refractivity contribution in [2.24, 2.45) is 0 Å². The molecule has 3 heterocycles. The average molecular weight is 332 g/mol.